The van der Waals surface area contributed by atoms with Gasteiger partial charge in [0, 0.05) is 29.9 Å². The number of hydrogen-bond donors (Lipinski definition) is 3. The zero-order valence-electron chi connectivity index (χ0n) is 34.0. The molecule has 0 radical (unpaired) electrons. The van der Waals surface area contributed by atoms with Crippen molar-refractivity contribution in [2.45, 2.75) is 127 Å². The highest BCUT2D eigenvalue weighted by atomic mass is 32.2. The minimum atomic E-state index is -3.91. The smallest absolute Gasteiger partial charge is 0.407 e. The van der Waals surface area contributed by atoms with Gasteiger partial charge in [-0.25, -0.2) is 18.2 Å². The number of carbonyl (C=O) groups excluding carboxylic acids is 4. The maximum atomic E-state index is 14.9. The Bertz CT molecular complexity index is 2050. The highest BCUT2D eigenvalue weighted by Crippen LogP contribution is 2.46. The molecule has 3 aliphatic carbocycles. The Morgan fingerprint density at radius 1 is 1.10 bits per heavy atom. The van der Waals surface area contributed by atoms with E-state index in [4.69, 9.17) is 23.9 Å². The molecular weight excluding hydrogens is 767 g/mol. The number of cyclic esters (lactones) is 1. The summed E-state index contributed by atoms with van der Waals surface area (Å²) in [6, 6.07) is 3.45. The number of carbonyl (C=O) groups is 4. The first-order valence-electron chi connectivity index (χ1n) is 20.7. The molecule has 3 N–H and O–H groups in total. The van der Waals surface area contributed by atoms with Crippen LogP contribution in [0, 0.1) is 17.3 Å². The summed E-state index contributed by atoms with van der Waals surface area (Å²) in [5, 5.41) is 5.83. The number of alkyl carbamates (subject to hydrolysis) is 1. The number of amides is 4. The highest BCUT2D eigenvalue weighted by Gasteiger charge is 2.62. The predicted molar refractivity (Wildman–Crippen MR) is 215 cm³/mol. The van der Waals surface area contributed by atoms with Gasteiger partial charge in [-0.3, -0.25) is 19.1 Å². The molecule has 4 bridgehead atoms. The van der Waals surface area contributed by atoms with Crippen LogP contribution in [0.5, 0.6) is 17.4 Å². The molecule has 316 valence electrons. The molecular formula is C42H57N5O10S. The summed E-state index contributed by atoms with van der Waals surface area (Å²) in [7, 11) is -2.30. The number of sulfonamides is 1. The minimum absolute atomic E-state index is 0.0131. The Morgan fingerprint density at radius 2 is 1.86 bits per heavy atom. The number of methoxy groups -OCH3 is 1. The molecule has 2 aromatic rings. The molecule has 58 heavy (non-hydrogen) atoms. The van der Waals surface area contributed by atoms with E-state index in [1.54, 1.807) is 13.2 Å². The van der Waals surface area contributed by atoms with Crippen molar-refractivity contribution in [1.29, 1.82) is 0 Å². The van der Waals surface area contributed by atoms with Crippen molar-refractivity contribution in [3.8, 4) is 17.4 Å². The van der Waals surface area contributed by atoms with E-state index in [-0.39, 0.29) is 37.3 Å². The third kappa shape index (κ3) is 8.86. The van der Waals surface area contributed by atoms with Gasteiger partial charge in [0.1, 0.15) is 35.2 Å². The molecule has 2 aliphatic heterocycles. The standard InChI is InChI=1S/C42H57N5O10S/c1-6-27-22-42(27,39(50)46-58(52,53)29-15-16-29)45-37(48)32-19-28-23-47(32)38(49)36(25-12-9-8-10-13-25)44-40(51)56-24-41(3,4)17-11-14-26-18-30-31(20-33(26)54-5)43-35(55-7-2)21-34(30)57-28/h6,18,20-21,25,27-29,32,36H,1,7-17,19,22-24H2,2-5H3,(H,44,51)(H,45,48)(H,46,50)/t27-,28-,32+,36+,42-/m1/s1. The minimum Gasteiger partial charge on any atom is -0.496 e. The number of aromatic nitrogens is 1. The molecule has 7 rings (SSSR count). The second-order valence-corrected chi connectivity index (χ2v) is 19.3. The third-order valence-corrected chi connectivity index (χ3v) is 14.2. The molecule has 15 nitrogen and oxygen atoms in total. The Morgan fingerprint density at radius 3 is 2.53 bits per heavy atom. The Labute approximate surface area is 340 Å². The molecule has 0 spiro atoms. The second-order valence-electron chi connectivity index (χ2n) is 17.4. The summed E-state index contributed by atoms with van der Waals surface area (Å²) >= 11 is 0. The summed E-state index contributed by atoms with van der Waals surface area (Å²) in [4.78, 5) is 62.8. The van der Waals surface area contributed by atoms with Gasteiger partial charge in [-0.05, 0) is 81.3 Å². The van der Waals surface area contributed by atoms with Crippen LogP contribution in [0.1, 0.15) is 97.0 Å². The molecule has 4 amide bonds. The molecule has 5 aliphatic rings. The lowest BCUT2D eigenvalue weighted by molar-refractivity contribution is -0.142. The molecule has 16 heteroatoms. The second kappa shape index (κ2) is 16.6. The van der Waals surface area contributed by atoms with Crippen LogP contribution in [0.2, 0.25) is 0 Å². The Kier molecular flexibility index (Phi) is 11.9. The van der Waals surface area contributed by atoms with Crippen molar-refractivity contribution in [3.05, 3.63) is 36.4 Å². The van der Waals surface area contributed by atoms with Crippen LogP contribution in [0.15, 0.2) is 30.9 Å². The monoisotopic (exact) mass is 823 g/mol. The van der Waals surface area contributed by atoms with Gasteiger partial charge in [0.2, 0.25) is 27.7 Å². The lowest BCUT2D eigenvalue weighted by Crippen LogP contribution is -2.59. The number of nitrogens with one attached hydrogen (secondary N) is 3. The average Bonchev–Trinajstić information content (AvgIpc) is 4.12. The molecule has 4 fully saturated rings. The summed E-state index contributed by atoms with van der Waals surface area (Å²) in [6.07, 6.45) is 7.62. The van der Waals surface area contributed by atoms with Gasteiger partial charge < -0.3 is 34.5 Å². The van der Waals surface area contributed by atoms with Crippen LogP contribution < -0.4 is 29.6 Å². The van der Waals surface area contributed by atoms with Crippen molar-refractivity contribution in [1.82, 2.24) is 25.2 Å². The van der Waals surface area contributed by atoms with Gasteiger partial charge in [0.25, 0.3) is 5.91 Å². The molecule has 0 unspecified atom stereocenters. The van der Waals surface area contributed by atoms with Crippen molar-refractivity contribution in [3.63, 3.8) is 0 Å². The van der Waals surface area contributed by atoms with E-state index in [2.05, 4.69) is 21.9 Å². The molecule has 3 heterocycles. The van der Waals surface area contributed by atoms with Crippen LogP contribution in [0.25, 0.3) is 10.9 Å². The zero-order valence-corrected chi connectivity index (χ0v) is 34.8. The van der Waals surface area contributed by atoms with Crippen LogP contribution in [0.3, 0.4) is 0 Å². The largest absolute Gasteiger partial charge is 0.496 e. The van der Waals surface area contributed by atoms with Gasteiger partial charge in [0.05, 0.1) is 37.6 Å². The summed E-state index contributed by atoms with van der Waals surface area (Å²) in [5.41, 5.74) is -0.410. The predicted octanol–water partition coefficient (Wildman–Crippen LogP) is 4.70. The van der Waals surface area contributed by atoms with Gasteiger partial charge in [-0.1, -0.05) is 39.2 Å². The molecule has 1 aromatic carbocycles. The van der Waals surface area contributed by atoms with Crippen LogP contribution in [-0.4, -0.2) is 98.0 Å². The highest BCUT2D eigenvalue weighted by molar-refractivity contribution is 7.91. The summed E-state index contributed by atoms with van der Waals surface area (Å²) in [6.45, 7) is 10.2. The first-order valence-corrected chi connectivity index (χ1v) is 22.3. The van der Waals surface area contributed by atoms with E-state index in [9.17, 15) is 27.6 Å². The van der Waals surface area contributed by atoms with Crippen LogP contribution >= 0.6 is 0 Å². The number of aryl methyl sites for hydroxylation is 1. The number of fused-ring (bicyclic) bond motifs is 3. The molecule has 3 saturated carbocycles. The average molecular weight is 824 g/mol. The van der Waals surface area contributed by atoms with Gasteiger partial charge in [-0.15, -0.1) is 6.58 Å². The fraction of sp³-hybridized carbons (Fsp3) is 0.643. The zero-order chi connectivity index (χ0) is 41.4. The SMILES string of the molecule is C=C[C@@H]1C[C@]1(NC(=O)[C@@H]1C[C@@H]2CN1C(=O)[C@H](C1CCCCC1)NC(=O)OCC(C)(C)CCCc1cc3c(cc(OCC)nc3cc1OC)O2)C(=O)NS(=O)(=O)C1CC1. The van der Waals surface area contributed by atoms with E-state index >= 15 is 0 Å². The van der Waals surface area contributed by atoms with E-state index in [1.165, 1.54) is 11.0 Å². The van der Waals surface area contributed by atoms with Gasteiger partial charge in [0.15, 0.2) is 0 Å². The topological polar surface area (TPSA) is 192 Å². The van der Waals surface area contributed by atoms with Crippen molar-refractivity contribution in [2.24, 2.45) is 17.3 Å². The Balaban J connectivity index is 1.27. The quantitative estimate of drug-likeness (QED) is 0.282. The maximum Gasteiger partial charge on any atom is 0.407 e. The number of ether oxygens (including phenoxy) is 4. The number of hydrogen-bond acceptors (Lipinski definition) is 11. The fourth-order valence-electron chi connectivity index (χ4n) is 8.81. The molecule has 1 saturated heterocycles. The molecule has 1 aromatic heterocycles. The van der Waals surface area contributed by atoms with Gasteiger partial charge in [-0.2, -0.15) is 0 Å². The number of benzene rings is 1. The summed E-state index contributed by atoms with van der Waals surface area (Å²) < 4.78 is 52.0. The third-order valence-electron chi connectivity index (χ3n) is 12.4. The number of rotatable bonds is 10. The number of pyridine rings is 1. The van der Waals surface area contributed by atoms with E-state index in [1.807, 2.05) is 32.9 Å². The van der Waals surface area contributed by atoms with Crippen molar-refractivity contribution >= 4 is 44.7 Å². The number of nitrogens with zero attached hydrogens (tertiary/aromatic N) is 2. The van der Waals surface area contributed by atoms with Gasteiger partial charge >= 0.3 is 6.09 Å². The van der Waals surface area contributed by atoms with Crippen molar-refractivity contribution < 1.29 is 46.5 Å². The Hall–Kier alpha value is -4.60. The fourth-order valence-corrected chi connectivity index (χ4v) is 10.2. The van der Waals surface area contributed by atoms with E-state index in [0.29, 0.717) is 67.0 Å². The summed E-state index contributed by atoms with van der Waals surface area (Å²) in [5.74, 6) is -1.19. The lowest BCUT2D eigenvalue weighted by atomic mass is 9.83. The maximum absolute atomic E-state index is 14.9. The van der Waals surface area contributed by atoms with E-state index in [0.717, 1.165) is 37.7 Å². The van der Waals surface area contributed by atoms with Crippen LogP contribution in [-0.2, 0) is 35.6 Å². The lowest BCUT2D eigenvalue weighted by Gasteiger charge is -2.35. The first kappa shape index (κ1) is 41.6. The van der Waals surface area contributed by atoms with Crippen molar-refractivity contribution in [2.75, 3.05) is 26.9 Å². The first-order chi connectivity index (χ1) is 27.7. The van der Waals surface area contributed by atoms with E-state index < -0.39 is 68.7 Å². The normalized spacial score (nSPS) is 28.0. The molecule has 5 atom stereocenters. The van der Waals surface area contributed by atoms with Crippen LogP contribution in [0.4, 0.5) is 4.79 Å².